The van der Waals surface area contributed by atoms with Crippen molar-refractivity contribution >= 4 is 40.2 Å². The van der Waals surface area contributed by atoms with Gasteiger partial charge in [-0.25, -0.2) is 4.79 Å². The molecule has 0 unspecified atom stereocenters. The van der Waals surface area contributed by atoms with Gasteiger partial charge in [-0.3, -0.25) is 4.79 Å². The summed E-state index contributed by atoms with van der Waals surface area (Å²) in [6.07, 6.45) is -5.06. The molecule has 1 aromatic rings. The molecule has 0 saturated carbocycles. The van der Waals surface area contributed by atoms with Crippen LogP contribution in [-0.2, 0) is 4.79 Å². The second-order valence-electron chi connectivity index (χ2n) is 2.92. The number of halogens is 4. The van der Waals surface area contributed by atoms with Crippen LogP contribution >= 0.6 is 22.6 Å². The lowest BCUT2D eigenvalue weighted by Gasteiger charge is -2.11. The number of alkyl halides is 3. The van der Waals surface area contributed by atoms with E-state index in [4.69, 9.17) is 5.11 Å². The first-order valence-electron chi connectivity index (χ1n) is 4.13. The van der Waals surface area contributed by atoms with Crippen molar-refractivity contribution < 1.29 is 27.9 Å². The van der Waals surface area contributed by atoms with Crippen LogP contribution < -0.4 is 5.32 Å². The van der Waals surface area contributed by atoms with E-state index in [9.17, 15) is 22.8 Å². The number of anilines is 1. The number of aromatic carboxylic acids is 1. The van der Waals surface area contributed by atoms with Crippen LogP contribution in [0.15, 0.2) is 18.2 Å². The van der Waals surface area contributed by atoms with E-state index >= 15 is 0 Å². The first-order chi connectivity index (χ1) is 7.73. The summed E-state index contributed by atoms with van der Waals surface area (Å²) >= 11 is 1.64. The Kier molecular flexibility index (Phi) is 3.96. The number of carbonyl (C=O) groups excluding carboxylic acids is 1. The Balaban J connectivity index is 3.14. The predicted molar refractivity (Wildman–Crippen MR) is 60.8 cm³/mol. The standard InChI is InChI=1S/C9H5F3INO3/c10-9(11,12)8(17)14-6-4(7(15)16)2-1-3-5(6)13/h1-3H,(H,14,17)(H,15,16). The topological polar surface area (TPSA) is 66.4 Å². The Hall–Kier alpha value is -1.32. The third-order valence-electron chi connectivity index (χ3n) is 1.74. The van der Waals surface area contributed by atoms with E-state index in [1.165, 1.54) is 12.1 Å². The SMILES string of the molecule is O=C(O)c1cccc(I)c1NC(=O)C(F)(F)F. The fraction of sp³-hybridized carbons (Fsp3) is 0.111. The highest BCUT2D eigenvalue weighted by molar-refractivity contribution is 14.1. The number of carboxylic acid groups (broad SMARTS) is 1. The van der Waals surface area contributed by atoms with Gasteiger partial charge in [0.1, 0.15) is 0 Å². The van der Waals surface area contributed by atoms with E-state index in [0.717, 1.165) is 6.07 Å². The molecule has 92 valence electrons. The van der Waals surface area contributed by atoms with Crippen molar-refractivity contribution in [3.63, 3.8) is 0 Å². The molecule has 0 fully saturated rings. The van der Waals surface area contributed by atoms with Crippen LogP contribution in [0.1, 0.15) is 10.4 Å². The molecule has 2 N–H and O–H groups in total. The Morgan fingerprint density at radius 2 is 1.88 bits per heavy atom. The zero-order valence-corrected chi connectivity index (χ0v) is 10.2. The second kappa shape index (κ2) is 4.90. The van der Waals surface area contributed by atoms with Gasteiger partial charge in [-0.1, -0.05) is 6.07 Å². The highest BCUT2D eigenvalue weighted by atomic mass is 127. The molecule has 0 aromatic heterocycles. The first kappa shape index (κ1) is 13.7. The average molecular weight is 359 g/mol. The lowest BCUT2D eigenvalue weighted by molar-refractivity contribution is -0.167. The number of para-hydroxylation sites is 1. The lowest BCUT2D eigenvalue weighted by atomic mass is 10.2. The largest absolute Gasteiger partial charge is 0.478 e. The maximum Gasteiger partial charge on any atom is 0.471 e. The van der Waals surface area contributed by atoms with Gasteiger partial charge < -0.3 is 10.4 Å². The Bertz CT molecular complexity index is 473. The van der Waals surface area contributed by atoms with Crippen LogP contribution in [0.25, 0.3) is 0 Å². The molecule has 8 heteroatoms. The van der Waals surface area contributed by atoms with Crippen LogP contribution in [0.3, 0.4) is 0 Å². The molecular weight excluding hydrogens is 354 g/mol. The Morgan fingerprint density at radius 3 is 2.35 bits per heavy atom. The first-order valence-corrected chi connectivity index (χ1v) is 5.21. The summed E-state index contributed by atoms with van der Waals surface area (Å²) in [6, 6.07) is 3.87. The number of rotatable bonds is 2. The third-order valence-corrected chi connectivity index (χ3v) is 2.64. The van der Waals surface area contributed by atoms with E-state index in [1.807, 2.05) is 0 Å². The van der Waals surface area contributed by atoms with Crippen molar-refractivity contribution in [3.05, 3.63) is 27.3 Å². The number of amides is 1. The highest BCUT2D eigenvalue weighted by Crippen LogP contribution is 2.25. The summed E-state index contributed by atoms with van der Waals surface area (Å²) in [5.74, 6) is -3.62. The smallest absolute Gasteiger partial charge is 0.471 e. The van der Waals surface area contributed by atoms with Gasteiger partial charge in [0.2, 0.25) is 0 Å². The number of carboxylic acids is 1. The van der Waals surface area contributed by atoms with E-state index in [1.54, 1.807) is 27.9 Å². The molecule has 0 saturated heterocycles. The van der Waals surface area contributed by atoms with Crippen molar-refractivity contribution in [1.82, 2.24) is 0 Å². The minimum absolute atomic E-state index is 0.208. The van der Waals surface area contributed by atoms with E-state index < -0.39 is 23.6 Å². The van der Waals surface area contributed by atoms with Crippen LogP contribution in [-0.4, -0.2) is 23.2 Å². The Labute approximate surface area is 107 Å². The van der Waals surface area contributed by atoms with Gasteiger partial charge in [-0.2, -0.15) is 13.2 Å². The molecule has 1 amide bonds. The quantitative estimate of drug-likeness (QED) is 0.798. The number of hydrogen-bond acceptors (Lipinski definition) is 2. The van der Waals surface area contributed by atoms with Crippen LogP contribution in [0, 0.1) is 3.57 Å². The van der Waals surface area contributed by atoms with Crippen molar-refractivity contribution in [1.29, 1.82) is 0 Å². The molecular formula is C9H5F3INO3. The average Bonchev–Trinajstić information content (AvgIpc) is 2.18. The van der Waals surface area contributed by atoms with E-state index in [2.05, 4.69) is 0 Å². The summed E-state index contributed by atoms with van der Waals surface area (Å²) in [7, 11) is 0. The van der Waals surface area contributed by atoms with Gasteiger partial charge in [0.15, 0.2) is 0 Å². The van der Waals surface area contributed by atoms with Crippen molar-refractivity contribution in [2.24, 2.45) is 0 Å². The number of carbonyl (C=O) groups is 2. The normalized spacial score (nSPS) is 11.1. The van der Waals surface area contributed by atoms with Gasteiger partial charge in [-0.15, -0.1) is 0 Å². The molecule has 0 atom stereocenters. The summed E-state index contributed by atoms with van der Waals surface area (Å²) in [5.41, 5.74) is -0.752. The maximum atomic E-state index is 12.0. The molecule has 0 heterocycles. The molecule has 0 aliphatic carbocycles. The van der Waals surface area contributed by atoms with Crippen LogP contribution in [0.4, 0.5) is 18.9 Å². The minimum Gasteiger partial charge on any atom is -0.478 e. The molecule has 4 nitrogen and oxygen atoms in total. The monoisotopic (exact) mass is 359 g/mol. The Morgan fingerprint density at radius 1 is 1.29 bits per heavy atom. The second-order valence-corrected chi connectivity index (χ2v) is 4.08. The maximum absolute atomic E-state index is 12.0. The summed E-state index contributed by atoms with van der Waals surface area (Å²) in [6.45, 7) is 0. The molecule has 0 aliphatic heterocycles. The zero-order chi connectivity index (χ0) is 13.2. The van der Waals surface area contributed by atoms with Gasteiger partial charge in [0.25, 0.3) is 0 Å². The van der Waals surface area contributed by atoms with Gasteiger partial charge in [0.05, 0.1) is 11.3 Å². The van der Waals surface area contributed by atoms with Gasteiger partial charge >= 0.3 is 18.1 Å². The number of nitrogens with one attached hydrogen (secondary N) is 1. The molecule has 0 spiro atoms. The molecule has 0 bridgehead atoms. The minimum atomic E-state index is -5.06. The zero-order valence-electron chi connectivity index (χ0n) is 8.01. The highest BCUT2D eigenvalue weighted by Gasteiger charge is 2.39. The third kappa shape index (κ3) is 3.32. The summed E-state index contributed by atoms with van der Waals surface area (Å²) in [5, 5.41) is 10.3. The van der Waals surface area contributed by atoms with E-state index in [-0.39, 0.29) is 9.26 Å². The van der Waals surface area contributed by atoms with Gasteiger partial charge in [-0.05, 0) is 34.7 Å². The van der Waals surface area contributed by atoms with Crippen molar-refractivity contribution in [2.75, 3.05) is 5.32 Å². The fourth-order valence-electron chi connectivity index (χ4n) is 1.01. The van der Waals surface area contributed by atoms with Crippen molar-refractivity contribution in [3.8, 4) is 0 Å². The van der Waals surface area contributed by atoms with Crippen LogP contribution in [0.2, 0.25) is 0 Å². The summed E-state index contributed by atoms with van der Waals surface area (Å²) in [4.78, 5) is 21.5. The number of benzene rings is 1. The van der Waals surface area contributed by atoms with Crippen molar-refractivity contribution in [2.45, 2.75) is 6.18 Å². The number of hydrogen-bond donors (Lipinski definition) is 2. The fourth-order valence-corrected chi connectivity index (χ4v) is 1.65. The molecule has 17 heavy (non-hydrogen) atoms. The molecule has 0 radical (unpaired) electrons. The summed E-state index contributed by atoms with van der Waals surface area (Å²) < 4.78 is 36.3. The molecule has 1 rings (SSSR count). The van der Waals surface area contributed by atoms with Gasteiger partial charge in [0, 0.05) is 3.57 Å². The molecule has 1 aromatic carbocycles. The predicted octanol–water partition coefficient (Wildman–Crippen LogP) is 2.49. The van der Waals surface area contributed by atoms with E-state index in [0.29, 0.717) is 0 Å². The molecule has 0 aliphatic rings. The van der Waals surface area contributed by atoms with Crippen LogP contribution in [0.5, 0.6) is 0 Å². The lowest BCUT2D eigenvalue weighted by Crippen LogP contribution is -2.31.